The molecule has 0 aliphatic carbocycles. The number of ether oxygens (including phenoxy) is 7. The van der Waals surface area contributed by atoms with Crippen LogP contribution in [-0.4, -0.2) is 119 Å². The number of aliphatic imine (C=N–C) groups is 2. The second kappa shape index (κ2) is 23.7. The Morgan fingerprint density at radius 1 is 0.597 bits per heavy atom. The van der Waals surface area contributed by atoms with Crippen molar-refractivity contribution in [3.8, 4) is 0 Å². The summed E-state index contributed by atoms with van der Waals surface area (Å²) in [6, 6.07) is 0. The van der Waals surface area contributed by atoms with Crippen LogP contribution in [-0.2, 0) is 110 Å². The number of allylic oxidation sites excluding steroid dienone is 4. The van der Waals surface area contributed by atoms with Crippen LogP contribution in [0, 0.1) is 0 Å². The van der Waals surface area contributed by atoms with Gasteiger partial charge in [0.15, 0.2) is 0 Å². The van der Waals surface area contributed by atoms with Crippen LogP contribution < -0.4 is 5.32 Å². The number of aromatic amines is 2. The number of carbonyl (C=O) groups excluding carboxylic acids is 8. The molecule has 67 heavy (non-hydrogen) atoms. The van der Waals surface area contributed by atoms with Gasteiger partial charge in [0.25, 0.3) is 0 Å². The van der Waals surface area contributed by atoms with Gasteiger partial charge in [0.05, 0.1) is 100 Å². The van der Waals surface area contributed by atoms with Crippen LogP contribution in [0.1, 0.15) is 97.8 Å². The summed E-state index contributed by atoms with van der Waals surface area (Å²) in [6.45, 7) is -1.13. The SMILES string of the molecule is [2H][C@@H]1NC(=O)Cc2c1[nH]c(/C=C1\N=C(Cc3[nH]c(/C=C4\N=CC(CCC(=O)OC)=C4CC(=O)OC)c(CCC(=O)OC)c3CC(=O)OC)C(CCC(=O)OC)=C1CC(=O)OC)c2CCC(=O)OC. The molecule has 2 aromatic heterocycles. The number of aromatic nitrogens is 2. The predicted octanol–water partition coefficient (Wildman–Crippen LogP) is 3.53. The second-order valence-electron chi connectivity index (χ2n) is 15.3. The lowest BCUT2D eigenvalue weighted by molar-refractivity contribution is -0.141. The number of carbonyl (C=O) groups is 8. The van der Waals surface area contributed by atoms with E-state index in [1.807, 2.05) is 0 Å². The number of H-pyrrole nitrogens is 2. The number of nitrogens with one attached hydrogen (secondary N) is 3. The quantitative estimate of drug-likeness (QED) is 0.113. The summed E-state index contributed by atoms with van der Waals surface area (Å²) >= 11 is 0. The van der Waals surface area contributed by atoms with Crippen LogP contribution in [0.2, 0.25) is 0 Å². The zero-order valence-electron chi connectivity index (χ0n) is 39.5. The van der Waals surface area contributed by atoms with E-state index in [1.54, 1.807) is 18.4 Å². The molecule has 5 rings (SSSR count). The van der Waals surface area contributed by atoms with Gasteiger partial charge >= 0.3 is 41.8 Å². The number of rotatable bonds is 22. The average Bonchev–Trinajstić information content (AvgIpc) is 4.06. The highest BCUT2D eigenvalue weighted by Crippen LogP contribution is 2.38. The largest absolute Gasteiger partial charge is 0.469 e. The van der Waals surface area contributed by atoms with Crippen molar-refractivity contribution in [1.82, 2.24) is 15.3 Å². The molecule has 0 bridgehead atoms. The third kappa shape index (κ3) is 12.9. The molecule has 0 unspecified atom stereocenters. The molecule has 5 heterocycles. The smallest absolute Gasteiger partial charge is 0.310 e. The first-order chi connectivity index (χ1) is 32.6. The molecular weight excluding hydrogens is 875 g/mol. The van der Waals surface area contributed by atoms with Crippen LogP contribution in [0.4, 0.5) is 0 Å². The van der Waals surface area contributed by atoms with Crippen LogP contribution in [0.3, 0.4) is 0 Å². The van der Waals surface area contributed by atoms with Gasteiger partial charge in [-0.2, -0.15) is 0 Å². The van der Waals surface area contributed by atoms with E-state index in [4.69, 9.17) is 39.5 Å². The highest BCUT2D eigenvalue weighted by atomic mass is 16.5. The summed E-state index contributed by atoms with van der Waals surface area (Å²) < 4.78 is 43.5. The second-order valence-corrected chi connectivity index (χ2v) is 15.3. The summed E-state index contributed by atoms with van der Waals surface area (Å²) in [4.78, 5) is 118. The summed E-state index contributed by atoms with van der Waals surface area (Å²) in [6.07, 6.45) is 4.22. The molecular formula is C47H55N5O15. The fourth-order valence-electron chi connectivity index (χ4n) is 7.95. The van der Waals surface area contributed by atoms with E-state index < -0.39 is 48.3 Å². The summed E-state index contributed by atoms with van der Waals surface area (Å²) in [5.74, 6) is -4.22. The molecule has 358 valence electrons. The number of esters is 7. The lowest BCUT2D eigenvalue weighted by atomic mass is 9.92. The van der Waals surface area contributed by atoms with Crippen molar-refractivity contribution in [2.24, 2.45) is 9.98 Å². The first kappa shape index (κ1) is 49.1. The Morgan fingerprint density at radius 2 is 1.10 bits per heavy atom. The monoisotopic (exact) mass is 930 g/mol. The van der Waals surface area contributed by atoms with Gasteiger partial charge in [0.2, 0.25) is 5.91 Å². The van der Waals surface area contributed by atoms with Crippen molar-refractivity contribution in [3.05, 3.63) is 78.7 Å². The number of methoxy groups -OCH3 is 7. The topological polar surface area (TPSA) is 269 Å². The van der Waals surface area contributed by atoms with Gasteiger partial charge in [-0.25, -0.2) is 0 Å². The standard InChI is InChI=1S/C47H55N5O15/c1-61-41(54)12-8-25-23-48-33(29(25)17-45(58)65-5)20-34-27(10-14-43(56)63-3)31(18-46(59)66-6)37(50-34)21-35-28(11-15-44(57)64-4)32(19-47(60)67-7)38(51-35)22-36-26(9-13-42(55)62-2)30-16-40(53)49-24-39(30)52-36/h20,22-23,50,52H,8-19,21,24H2,1-7H3,(H,49,53)/b33-20-,38-22-/i24D/t24-/m0/s1. The van der Waals surface area contributed by atoms with Gasteiger partial charge in [-0.05, 0) is 82.4 Å². The first-order valence-electron chi connectivity index (χ1n) is 21.8. The van der Waals surface area contributed by atoms with E-state index in [2.05, 4.69) is 20.3 Å². The van der Waals surface area contributed by atoms with Gasteiger partial charge in [-0.15, -0.1) is 0 Å². The van der Waals surface area contributed by atoms with E-state index in [1.165, 1.54) is 49.8 Å². The third-order valence-corrected chi connectivity index (χ3v) is 11.5. The Bertz CT molecular complexity index is 2550. The molecule has 0 saturated carbocycles. The molecule has 2 aromatic rings. The van der Waals surface area contributed by atoms with Gasteiger partial charge < -0.3 is 48.4 Å². The van der Waals surface area contributed by atoms with E-state index in [0.717, 1.165) is 0 Å². The number of amides is 1. The maximum Gasteiger partial charge on any atom is 0.310 e. The summed E-state index contributed by atoms with van der Waals surface area (Å²) in [5.41, 5.74) is 6.73. The van der Waals surface area contributed by atoms with Crippen LogP contribution >= 0.6 is 0 Å². The van der Waals surface area contributed by atoms with E-state index in [0.29, 0.717) is 78.7 Å². The average molecular weight is 931 g/mol. The zero-order valence-corrected chi connectivity index (χ0v) is 38.5. The maximum atomic E-state index is 13.2. The molecule has 20 heteroatoms. The minimum atomic E-state index is -1.13. The van der Waals surface area contributed by atoms with E-state index in [9.17, 15) is 38.4 Å². The van der Waals surface area contributed by atoms with Gasteiger partial charge in [0.1, 0.15) is 0 Å². The first-order valence-corrected chi connectivity index (χ1v) is 21.2. The predicted molar refractivity (Wildman–Crippen MR) is 239 cm³/mol. The molecule has 1 amide bonds. The zero-order chi connectivity index (χ0) is 49.7. The summed E-state index contributed by atoms with van der Waals surface area (Å²) in [5, 5.41) is 2.59. The molecule has 3 N–H and O–H groups in total. The Hall–Kier alpha value is -7.38. The fraction of sp³-hybridized carbons (Fsp3) is 0.447. The van der Waals surface area contributed by atoms with Gasteiger partial charge in [0, 0.05) is 61.1 Å². The van der Waals surface area contributed by atoms with Crippen molar-refractivity contribution in [3.63, 3.8) is 0 Å². The van der Waals surface area contributed by atoms with Crippen molar-refractivity contribution in [1.29, 1.82) is 0 Å². The molecule has 3 aliphatic rings. The molecule has 0 fully saturated rings. The van der Waals surface area contributed by atoms with E-state index >= 15 is 0 Å². The lowest BCUT2D eigenvalue weighted by Gasteiger charge is -2.14. The number of nitrogens with zero attached hydrogens (tertiary/aromatic N) is 2. The fourth-order valence-corrected chi connectivity index (χ4v) is 7.95. The van der Waals surface area contributed by atoms with Crippen molar-refractivity contribution in [2.75, 3.05) is 49.8 Å². The molecule has 0 aromatic carbocycles. The minimum Gasteiger partial charge on any atom is -0.469 e. The van der Waals surface area contributed by atoms with Crippen molar-refractivity contribution < 1.29 is 72.9 Å². The Kier molecular flexibility index (Phi) is 17.4. The molecule has 1 atom stereocenters. The Balaban J connectivity index is 1.75. The van der Waals surface area contributed by atoms with Crippen molar-refractivity contribution >= 4 is 71.8 Å². The molecule has 0 saturated heterocycles. The molecule has 3 aliphatic heterocycles. The maximum absolute atomic E-state index is 13.2. The van der Waals surface area contributed by atoms with Gasteiger partial charge in [-0.1, -0.05) is 0 Å². The number of hydrogen-bond donors (Lipinski definition) is 3. The minimum absolute atomic E-state index is 0.0150. The summed E-state index contributed by atoms with van der Waals surface area (Å²) in [7, 11) is 8.73. The molecule has 20 nitrogen and oxygen atoms in total. The number of fused-ring (bicyclic) bond motifs is 1. The highest BCUT2D eigenvalue weighted by Gasteiger charge is 2.31. The molecule has 0 spiro atoms. The third-order valence-electron chi connectivity index (χ3n) is 11.5. The van der Waals surface area contributed by atoms with Crippen molar-refractivity contribution in [2.45, 2.75) is 90.0 Å². The Morgan fingerprint density at radius 3 is 1.70 bits per heavy atom. The Labute approximate surface area is 387 Å². The van der Waals surface area contributed by atoms with Crippen LogP contribution in [0.15, 0.2) is 43.7 Å². The van der Waals surface area contributed by atoms with E-state index in [-0.39, 0.29) is 95.1 Å². The van der Waals surface area contributed by atoms with Gasteiger partial charge in [-0.3, -0.25) is 48.3 Å². The normalized spacial score (nSPS) is 16.6. The highest BCUT2D eigenvalue weighted by molar-refractivity contribution is 6.08. The number of hydrogen-bond acceptors (Lipinski definition) is 17. The van der Waals surface area contributed by atoms with Crippen LogP contribution in [0.5, 0.6) is 0 Å². The lowest BCUT2D eigenvalue weighted by Crippen LogP contribution is -2.30. The molecule has 0 radical (unpaired) electrons. The van der Waals surface area contributed by atoms with Crippen LogP contribution in [0.25, 0.3) is 12.2 Å².